The Hall–Kier alpha value is -3.11. The molecule has 4 heterocycles. The lowest BCUT2D eigenvalue weighted by molar-refractivity contribution is -0.146. The molecule has 10 nitrogen and oxygen atoms in total. The summed E-state index contributed by atoms with van der Waals surface area (Å²) in [6, 6.07) is 1.25. The highest BCUT2D eigenvalue weighted by molar-refractivity contribution is 5.92. The number of carbonyl (C=O) groups is 1. The third kappa shape index (κ3) is 4.74. The third-order valence-corrected chi connectivity index (χ3v) is 6.14. The Morgan fingerprint density at radius 1 is 1.24 bits per heavy atom. The van der Waals surface area contributed by atoms with Crippen molar-refractivity contribution in [2.75, 3.05) is 25.5 Å². The molecule has 1 saturated heterocycles. The smallest absolute Gasteiger partial charge is 0.247 e. The summed E-state index contributed by atoms with van der Waals surface area (Å²) in [7, 11) is 1.61. The second kappa shape index (κ2) is 10.0. The molecule has 4 atom stereocenters. The number of amides is 1. The van der Waals surface area contributed by atoms with Gasteiger partial charge in [-0.25, -0.2) is 19.9 Å². The number of nitrogens with zero attached hydrogens (tertiary/aromatic N) is 6. The fourth-order valence-corrected chi connectivity index (χ4v) is 4.40. The zero-order valence-electron chi connectivity index (χ0n) is 20.6. The molecule has 10 heteroatoms. The lowest BCUT2D eigenvalue weighted by Gasteiger charge is -2.38. The number of carbonyl (C=O) groups excluding carboxylic acids is 1. The molecule has 0 spiro atoms. The Bertz CT molecular complexity index is 1140. The van der Waals surface area contributed by atoms with E-state index in [-0.39, 0.29) is 24.2 Å². The molecule has 1 amide bonds. The predicted octanol–water partition coefficient (Wildman–Crippen LogP) is 2.67. The van der Waals surface area contributed by atoms with Gasteiger partial charge in [-0.3, -0.25) is 4.79 Å². The number of hydrogen-bond donors (Lipinski definition) is 1. The van der Waals surface area contributed by atoms with Gasteiger partial charge < -0.3 is 24.3 Å². The highest BCUT2D eigenvalue weighted by Gasteiger charge is 2.34. The van der Waals surface area contributed by atoms with Crippen molar-refractivity contribution in [3.63, 3.8) is 0 Å². The first kappa shape index (κ1) is 24.0. The molecule has 182 valence electrons. The number of pyridine rings is 1. The van der Waals surface area contributed by atoms with Crippen LogP contribution in [0.3, 0.4) is 0 Å². The van der Waals surface area contributed by atoms with Gasteiger partial charge in [-0.05, 0) is 40.7 Å². The van der Waals surface area contributed by atoms with Gasteiger partial charge in [0.2, 0.25) is 5.91 Å². The Morgan fingerprint density at radius 3 is 2.53 bits per heavy atom. The summed E-state index contributed by atoms with van der Waals surface area (Å²) in [6.45, 7) is 11.5. The number of morpholine rings is 1. The monoisotopic (exact) mass is 467 g/mol. The number of imidazole rings is 1. The van der Waals surface area contributed by atoms with E-state index >= 15 is 0 Å². The fraction of sp³-hybridized carbons (Fsp3) is 0.542. The maximum absolute atomic E-state index is 13.6. The van der Waals surface area contributed by atoms with Crippen LogP contribution in [0.25, 0.3) is 22.6 Å². The lowest BCUT2D eigenvalue weighted by Crippen LogP contribution is -2.55. The van der Waals surface area contributed by atoms with E-state index in [1.807, 2.05) is 50.2 Å². The van der Waals surface area contributed by atoms with Gasteiger partial charge in [0.25, 0.3) is 0 Å². The van der Waals surface area contributed by atoms with Crippen LogP contribution in [0.2, 0.25) is 0 Å². The zero-order chi connectivity index (χ0) is 24.4. The van der Waals surface area contributed by atoms with E-state index in [4.69, 9.17) is 14.5 Å². The van der Waals surface area contributed by atoms with E-state index in [2.05, 4.69) is 20.3 Å². The van der Waals surface area contributed by atoms with E-state index in [9.17, 15) is 4.79 Å². The van der Waals surface area contributed by atoms with Crippen LogP contribution in [0.4, 0.5) is 5.69 Å². The van der Waals surface area contributed by atoms with E-state index in [1.54, 1.807) is 25.7 Å². The third-order valence-electron chi connectivity index (χ3n) is 6.14. The Balaban J connectivity index is 1.71. The number of aryl methyl sites for hydroxylation is 2. The van der Waals surface area contributed by atoms with Crippen LogP contribution in [0, 0.1) is 6.92 Å². The van der Waals surface area contributed by atoms with Gasteiger partial charge in [-0.1, -0.05) is 0 Å². The average molecular weight is 468 g/mol. The van der Waals surface area contributed by atoms with Crippen molar-refractivity contribution < 1.29 is 14.3 Å². The molecule has 0 saturated carbocycles. The first-order valence-corrected chi connectivity index (χ1v) is 11.7. The van der Waals surface area contributed by atoms with Crippen LogP contribution in [-0.4, -0.2) is 79.9 Å². The Labute approximate surface area is 199 Å². The minimum Gasteiger partial charge on any atom is -0.379 e. The molecule has 1 fully saturated rings. The van der Waals surface area contributed by atoms with Crippen molar-refractivity contribution in [1.82, 2.24) is 29.4 Å². The molecule has 4 rings (SSSR count). The van der Waals surface area contributed by atoms with Crippen molar-refractivity contribution >= 4 is 22.8 Å². The molecule has 1 aliphatic heterocycles. The number of methoxy groups -OCH3 is 1. The largest absolute Gasteiger partial charge is 0.379 e. The van der Waals surface area contributed by atoms with E-state index < -0.39 is 6.04 Å². The number of ether oxygens (including phenoxy) is 2. The fourth-order valence-electron chi connectivity index (χ4n) is 4.40. The summed E-state index contributed by atoms with van der Waals surface area (Å²) >= 11 is 0. The van der Waals surface area contributed by atoms with Gasteiger partial charge in [0.05, 0.1) is 29.6 Å². The van der Waals surface area contributed by atoms with Gasteiger partial charge >= 0.3 is 0 Å². The van der Waals surface area contributed by atoms with Crippen molar-refractivity contribution in [2.45, 2.75) is 65.5 Å². The number of nitrogens with one attached hydrogen (secondary N) is 1. The van der Waals surface area contributed by atoms with Crippen molar-refractivity contribution in [1.29, 1.82) is 0 Å². The number of fused-ring (bicyclic) bond motifs is 1. The standard InChI is InChI=1S/C24H33N7O3/c1-7-31-22(18-10-26-17(5)27-11-18)29-21-19(8-9-25-23(21)31)28-20(16(4)33-6)24(32)30-12-14(2)34-15(3)13-30/h8-11,14-16,20H,7,12-13H2,1-6H3,(H,25,28)/t14?,15?,16-,20+/m1/s1. The molecule has 1 N–H and O–H groups in total. The molecule has 1 aliphatic rings. The maximum atomic E-state index is 13.6. The van der Waals surface area contributed by atoms with Crippen molar-refractivity contribution in [3.8, 4) is 11.4 Å². The zero-order valence-corrected chi connectivity index (χ0v) is 20.6. The molecule has 0 aliphatic carbocycles. The minimum atomic E-state index is -0.592. The van der Waals surface area contributed by atoms with Crippen LogP contribution in [0.15, 0.2) is 24.7 Å². The summed E-state index contributed by atoms with van der Waals surface area (Å²) in [5, 5.41) is 3.42. The van der Waals surface area contributed by atoms with Crippen LogP contribution >= 0.6 is 0 Å². The van der Waals surface area contributed by atoms with Crippen LogP contribution in [0.5, 0.6) is 0 Å². The SMILES string of the molecule is CCn1c(-c2cnc(C)nc2)nc2c(N[C@H](C(=O)N3CC(C)OC(C)C3)[C@@H](C)OC)ccnc21. The van der Waals surface area contributed by atoms with Gasteiger partial charge in [-0.2, -0.15) is 0 Å². The molecule has 0 radical (unpaired) electrons. The number of rotatable bonds is 7. The first-order chi connectivity index (χ1) is 16.3. The molecule has 0 bridgehead atoms. The lowest BCUT2D eigenvalue weighted by atomic mass is 10.1. The summed E-state index contributed by atoms with van der Waals surface area (Å²) in [4.78, 5) is 33.5. The van der Waals surface area contributed by atoms with E-state index in [0.717, 1.165) is 22.7 Å². The number of hydrogen-bond acceptors (Lipinski definition) is 8. The normalized spacial score (nSPS) is 20.4. The highest BCUT2D eigenvalue weighted by atomic mass is 16.5. The van der Waals surface area contributed by atoms with Gasteiger partial charge in [-0.15, -0.1) is 0 Å². The quantitative estimate of drug-likeness (QED) is 0.565. The summed E-state index contributed by atoms with van der Waals surface area (Å²) in [5.41, 5.74) is 2.95. The van der Waals surface area contributed by atoms with Crippen LogP contribution < -0.4 is 5.32 Å². The molecule has 3 aromatic heterocycles. The van der Waals surface area contributed by atoms with Crippen molar-refractivity contribution in [3.05, 3.63) is 30.5 Å². The molecular weight excluding hydrogens is 434 g/mol. The highest BCUT2D eigenvalue weighted by Crippen LogP contribution is 2.28. The summed E-state index contributed by atoms with van der Waals surface area (Å²) in [5.74, 6) is 1.41. The van der Waals surface area contributed by atoms with Crippen molar-refractivity contribution in [2.24, 2.45) is 0 Å². The second-order valence-electron chi connectivity index (χ2n) is 8.79. The maximum Gasteiger partial charge on any atom is 0.247 e. The topological polar surface area (TPSA) is 107 Å². The number of aromatic nitrogens is 5. The van der Waals surface area contributed by atoms with Crippen LogP contribution in [0.1, 0.15) is 33.5 Å². The molecular formula is C24H33N7O3. The van der Waals surface area contributed by atoms with E-state index in [0.29, 0.717) is 31.0 Å². The van der Waals surface area contributed by atoms with Gasteiger partial charge in [0.1, 0.15) is 23.2 Å². The summed E-state index contributed by atoms with van der Waals surface area (Å²) in [6.07, 6.45) is 4.87. The predicted molar refractivity (Wildman–Crippen MR) is 129 cm³/mol. The van der Waals surface area contributed by atoms with Crippen LogP contribution in [-0.2, 0) is 20.8 Å². The first-order valence-electron chi connectivity index (χ1n) is 11.7. The van der Waals surface area contributed by atoms with Gasteiger partial charge in [0, 0.05) is 45.3 Å². The Kier molecular flexibility index (Phi) is 7.08. The molecule has 2 unspecified atom stereocenters. The minimum absolute atomic E-state index is 0.0154. The molecule has 34 heavy (non-hydrogen) atoms. The average Bonchev–Trinajstić information content (AvgIpc) is 3.21. The van der Waals surface area contributed by atoms with E-state index in [1.165, 1.54) is 0 Å². The second-order valence-corrected chi connectivity index (χ2v) is 8.79. The molecule has 0 aromatic carbocycles. The number of anilines is 1. The molecule has 3 aromatic rings. The van der Waals surface area contributed by atoms with Gasteiger partial charge in [0.15, 0.2) is 5.65 Å². The Morgan fingerprint density at radius 2 is 1.91 bits per heavy atom. The summed E-state index contributed by atoms with van der Waals surface area (Å²) < 4.78 is 13.4.